The fourth-order valence-electron chi connectivity index (χ4n) is 3.33. The molecule has 1 unspecified atom stereocenters. The number of fused-ring (bicyclic) bond motifs is 1. The molecule has 1 aliphatic rings. The van der Waals surface area contributed by atoms with Crippen molar-refractivity contribution in [2.45, 2.75) is 64.3 Å². The first-order chi connectivity index (χ1) is 12.8. The summed E-state index contributed by atoms with van der Waals surface area (Å²) in [5.74, 6) is 0.913. The molecule has 0 aliphatic heterocycles. The van der Waals surface area contributed by atoms with Crippen LogP contribution < -0.4 is 10.1 Å². The van der Waals surface area contributed by atoms with Gasteiger partial charge in [0, 0.05) is 24.6 Å². The minimum Gasteiger partial charge on any atom is -0.492 e. The Bertz CT molecular complexity index is 795. The van der Waals surface area contributed by atoms with Gasteiger partial charge in [-0.05, 0) is 63.9 Å². The molecule has 1 heterocycles. The molecule has 0 saturated heterocycles. The number of carbonyl (C=O) groups excluding carboxylic acids is 1. The summed E-state index contributed by atoms with van der Waals surface area (Å²) >= 11 is 3.58. The number of aromatic amines is 1. The van der Waals surface area contributed by atoms with Gasteiger partial charge in [-0.15, -0.1) is 0 Å². The molecule has 3 rings (SSSR count). The highest BCUT2D eigenvalue weighted by Gasteiger charge is 2.21. The summed E-state index contributed by atoms with van der Waals surface area (Å²) in [4.78, 5) is 12.2. The van der Waals surface area contributed by atoms with Crippen LogP contribution in [0.15, 0.2) is 28.9 Å². The van der Waals surface area contributed by atoms with E-state index < -0.39 is 0 Å². The smallest absolute Gasteiger partial charge is 0.220 e. The third-order valence-corrected chi connectivity index (χ3v) is 5.61. The number of H-pyrrole nitrogens is 1. The quantitative estimate of drug-likeness (QED) is 0.667. The lowest BCUT2D eigenvalue weighted by Crippen LogP contribution is -2.38. The van der Waals surface area contributed by atoms with E-state index in [0.29, 0.717) is 19.4 Å². The van der Waals surface area contributed by atoms with Crippen molar-refractivity contribution in [3.05, 3.63) is 45.7 Å². The van der Waals surface area contributed by atoms with Crippen LogP contribution in [0, 0.1) is 0 Å². The molecule has 1 aromatic carbocycles. The molecule has 27 heavy (non-hydrogen) atoms. The predicted molar refractivity (Wildman–Crippen MR) is 110 cm³/mol. The van der Waals surface area contributed by atoms with Crippen LogP contribution in [-0.2, 0) is 23.1 Å². The second-order valence-corrected chi connectivity index (χ2v) is 9.08. The highest BCUT2D eigenvalue weighted by molar-refractivity contribution is 9.10. The summed E-state index contributed by atoms with van der Waals surface area (Å²) < 4.78 is 6.80. The highest BCUT2D eigenvalue weighted by Crippen LogP contribution is 2.31. The van der Waals surface area contributed by atoms with Crippen molar-refractivity contribution in [1.29, 1.82) is 0 Å². The number of hydrogen-bond acceptors (Lipinski definition) is 3. The molecule has 0 fully saturated rings. The maximum Gasteiger partial charge on any atom is 0.220 e. The average molecular weight is 434 g/mol. The van der Waals surface area contributed by atoms with E-state index in [4.69, 9.17) is 4.74 Å². The van der Waals surface area contributed by atoms with Crippen LogP contribution in [0.3, 0.4) is 0 Å². The Kier molecular flexibility index (Phi) is 6.25. The van der Waals surface area contributed by atoms with Gasteiger partial charge in [0.05, 0.1) is 17.3 Å². The molecule has 1 aromatic heterocycles. The number of rotatable bonds is 6. The standard InChI is InChI=1S/C21H28BrN3O2/c1-21(2,3)15-7-9-19(17(22)11-15)27-10-4-5-20(26)24-16-8-6-14-13-23-25-18(14)12-16/h7,9,11,13,16H,4-6,8,10,12H2,1-3H3,(H,23,25)(H,24,26). The number of carbonyl (C=O) groups is 1. The van der Waals surface area contributed by atoms with E-state index in [1.54, 1.807) is 0 Å². The maximum absolute atomic E-state index is 12.2. The van der Waals surface area contributed by atoms with E-state index in [1.165, 1.54) is 11.1 Å². The van der Waals surface area contributed by atoms with Crippen LogP contribution in [0.25, 0.3) is 0 Å². The van der Waals surface area contributed by atoms with E-state index in [1.807, 2.05) is 12.3 Å². The highest BCUT2D eigenvalue weighted by atomic mass is 79.9. The van der Waals surface area contributed by atoms with Crippen LogP contribution in [-0.4, -0.2) is 28.8 Å². The van der Waals surface area contributed by atoms with Gasteiger partial charge in [0.1, 0.15) is 5.75 Å². The van der Waals surface area contributed by atoms with Crippen molar-refractivity contribution in [2.75, 3.05) is 6.61 Å². The molecule has 0 radical (unpaired) electrons. The molecule has 5 nitrogen and oxygen atoms in total. The molecule has 2 aromatic rings. The summed E-state index contributed by atoms with van der Waals surface area (Å²) in [5, 5.41) is 10.2. The van der Waals surface area contributed by atoms with Crippen molar-refractivity contribution in [3.8, 4) is 5.75 Å². The van der Waals surface area contributed by atoms with Crippen molar-refractivity contribution in [2.24, 2.45) is 0 Å². The van der Waals surface area contributed by atoms with Crippen molar-refractivity contribution in [1.82, 2.24) is 15.5 Å². The number of amides is 1. The second-order valence-electron chi connectivity index (χ2n) is 8.23. The minimum atomic E-state index is 0.0914. The zero-order chi connectivity index (χ0) is 19.4. The molecule has 1 atom stereocenters. The fraction of sp³-hybridized carbons (Fsp3) is 0.524. The van der Waals surface area contributed by atoms with Gasteiger partial charge in [-0.1, -0.05) is 26.8 Å². The molecule has 0 bridgehead atoms. The lowest BCUT2D eigenvalue weighted by atomic mass is 9.87. The Morgan fingerprint density at radius 3 is 2.96 bits per heavy atom. The Hall–Kier alpha value is -1.82. The van der Waals surface area contributed by atoms with Crippen LogP contribution in [0.2, 0.25) is 0 Å². The zero-order valence-corrected chi connectivity index (χ0v) is 17.9. The Labute approximate surface area is 169 Å². The molecule has 0 saturated carbocycles. The molecule has 1 amide bonds. The summed E-state index contributed by atoms with van der Waals surface area (Å²) in [6.07, 6.45) is 5.84. The number of halogens is 1. The second kappa shape index (κ2) is 8.46. The van der Waals surface area contributed by atoms with Crippen molar-refractivity contribution >= 4 is 21.8 Å². The van der Waals surface area contributed by atoms with Crippen LogP contribution >= 0.6 is 15.9 Å². The Morgan fingerprint density at radius 2 is 2.22 bits per heavy atom. The topological polar surface area (TPSA) is 67.0 Å². The maximum atomic E-state index is 12.2. The van der Waals surface area contributed by atoms with E-state index in [9.17, 15) is 4.79 Å². The number of aromatic nitrogens is 2. The van der Waals surface area contributed by atoms with Gasteiger partial charge in [0.2, 0.25) is 5.91 Å². The SMILES string of the molecule is CC(C)(C)c1ccc(OCCCC(=O)NC2CCc3cn[nH]c3C2)c(Br)c1. The predicted octanol–water partition coefficient (Wildman–Crippen LogP) is 4.30. The average Bonchev–Trinajstić information content (AvgIpc) is 3.06. The summed E-state index contributed by atoms with van der Waals surface area (Å²) in [5.41, 5.74) is 3.79. The van der Waals surface area contributed by atoms with Crippen molar-refractivity contribution in [3.63, 3.8) is 0 Å². The monoisotopic (exact) mass is 433 g/mol. The molecule has 6 heteroatoms. The Balaban J connectivity index is 1.39. The van der Waals surface area contributed by atoms with Crippen LogP contribution in [0.4, 0.5) is 0 Å². The van der Waals surface area contributed by atoms with Gasteiger partial charge < -0.3 is 10.1 Å². The molecular weight excluding hydrogens is 406 g/mol. The van der Waals surface area contributed by atoms with Gasteiger partial charge in [-0.25, -0.2) is 0 Å². The van der Waals surface area contributed by atoms with E-state index in [0.717, 1.165) is 35.2 Å². The normalized spacial score (nSPS) is 16.7. The van der Waals surface area contributed by atoms with Gasteiger partial charge in [-0.2, -0.15) is 5.10 Å². The first-order valence-corrected chi connectivity index (χ1v) is 10.4. The largest absolute Gasteiger partial charge is 0.492 e. The number of hydrogen-bond donors (Lipinski definition) is 2. The first kappa shape index (κ1) is 19.9. The van der Waals surface area contributed by atoms with Gasteiger partial charge >= 0.3 is 0 Å². The zero-order valence-electron chi connectivity index (χ0n) is 16.3. The minimum absolute atomic E-state index is 0.0914. The Morgan fingerprint density at radius 1 is 1.41 bits per heavy atom. The molecule has 146 valence electrons. The number of benzene rings is 1. The van der Waals surface area contributed by atoms with Gasteiger partial charge in [-0.3, -0.25) is 9.89 Å². The number of nitrogens with one attached hydrogen (secondary N) is 2. The van der Waals surface area contributed by atoms with E-state index in [2.05, 4.69) is 64.3 Å². The lowest BCUT2D eigenvalue weighted by molar-refractivity contribution is -0.122. The first-order valence-electron chi connectivity index (χ1n) is 9.56. The number of aryl methyl sites for hydroxylation is 1. The lowest BCUT2D eigenvalue weighted by Gasteiger charge is -2.22. The van der Waals surface area contributed by atoms with Gasteiger partial charge in [0.25, 0.3) is 0 Å². The van der Waals surface area contributed by atoms with E-state index >= 15 is 0 Å². The molecule has 1 aliphatic carbocycles. The van der Waals surface area contributed by atoms with Crippen molar-refractivity contribution < 1.29 is 9.53 Å². The number of ether oxygens (including phenoxy) is 1. The van der Waals surface area contributed by atoms with Gasteiger partial charge in [0.15, 0.2) is 0 Å². The molecule has 2 N–H and O–H groups in total. The van der Waals surface area contributed by atoms with E-state index in [-0.39, 0.29) is 17.4 Å². The number of nitrogens with zero attached hydrogens (tertiary/aromatic N) is 1. The summed E-state index contributed by atoms with van der Waals surface area (Å²) in [7, 11) is 0. The third-order valence-electron chi connectivity index (χ3n) is 4.99. The summed E-state index contributed by atoms with van der Waals surface area (Å²) in [6, 6.07) is 6.40. The summed E-state index contributed by atoms with van der Waals surface area (Å²) in [6.45, 7) is 7.09. The van der Waals surface area contributed by atoms with Crippen LogP contribution in [0.1, 0.15) is 56.9 Å². The van der Waals surface area contributed by atoms with Crippen LogP contribution in [0.5, 0.6) is 5.75 Å². The fourth-order valence-corrected chi connectivity index (χ4v) is 3.82. The molecular formula is C21H28BrN3O2. The third kappa shape index (κ3) is 5.34. The molecule has 0 spiro atoms.